The summed E-state index contributed by atoms with van der Waals surface area (Å²) in [6.45, 7) is 5.00. The van der Waals surface area contributed by atoms with E-state index in [0.717, 1.165) is 12.8 Å². The molecule has 1 saturated heterocycles. The highest BCUT2D eigenvalue weighted by atomic mass is 19.1. The van der Waals surface area contributed by atoms with Crippen LogP contribution < -0.4 is 21.9 Å². The van der Waals surface area contributed by atoms with E-state index in [1.54, 1.807) is 33.7 Å². The molecule has 9 nitrogen and oxygen atoms in total. The van der Waals surface area contributed by atoms with Gasteiger partial charge in [-0.2, -0.15) is 0 Å². The molecule has 1 aliphatic carbocycles. The van der Waals surface area contributed by atoms with Crippen LogP contribution in [0.2, 0.25) is 0 Å². The number of aromatic nitrogens is 2. The number of carbonyl (C=O) groups is 2. The number of fused-ring (bicyclic) bond motifs is 1. The van der Waals surface area contributed by atoms with Gasteiger partial charge < -0.3 is 15.5 Å². The first-order valence-electron chi connectivity index (χ1n) is 13.1. The van der Waals surface area contributed by atoms with Gasteiger partial charge in [0.25, 0.3) is 11.5 Å². The van der Waals surface area contributed by atoms with Gasteiger partial charge in [-0.05, 0) is 75.8 Å². The van der Waals surface area contributed by atoms with Gasteiger partial charge >= 0.3 is 11.7 Å². The minimum atomic E-state index is -0.592. The summed E-state index contributed by atoms with van der Waals surface area (Å²) < 4.78 is 16.9. The smallest absolute Gasteiger partial charge is 0.331 e. The van der Waals surface area contributed by atoms with Crippen LogP contribution in [0.15, 0.2) is 52.1 Å². The van der Waals surface area contributed by atoms with Gasteiger partial charge in [-0.25, -0.2) is 14.0 Å². The summed E-state index contributed by atoms with van der Waals surface area (Å²) in [5, 5.41) is 6.07. The van der Waals surface area contributed by atoms with Crippen LogP contribution in [0.3, 0.4) is 0 Å². The van der Waals surface area contributed by atoms with Crippen molar-refractivity contribution in [2.24, 2.45) is 5.92 Å². The number of halogens is 1. The SMILES string of the molecule is CC(C)n1c(=O)n(CC2CC2)c(=O)c2cc(NC(=O)N3CCC[C@@H](NC(=O)c4ccccc4F)C3)ccc21. The zero-order valence-corrected chi connectivity index (χ0v) is 21.6. The minimum absolute atomic E-state index is 0.0301. The maximum absolute atomic E-state index is 14.0. The molecule has 1 aliphatic heterocycles. The van der Waals surface area contributed by atoms with Crippen LogP contribution in [0.5, 0.6) is 0 Å². The normalized spacial score (nSPS) is 17.6. The fourth-order valence-electron chi connectivity index (χ4n) is 5.07. The number of urea groups is 1. The molecule has 0 bridgehead atoms. The maximum atomic E-state index is 14.0. The standard InChI is InChI=1S/C28H32FN5O4/c1-17(2)34-24-12-11-19(14-22(24)26(36)33(28(34)38)15-18-9-10-18)31-27(37)32-13-5-6-20(16-32)30-25(35)21-7-3-4-8-23(21)29/h3-4,7-8,11-12,14,17-18,20H,5-6,9-10,13,15-16H2,1-2H3,(H,30,35)(H,31,37)/t20-/m1/s1. The van der Waals surface area contributed by atoms with Crippen LogP contribution in [-0.4, -0.2) is 45.1 Å². The average molecular weight is 522 g/mol. The third kappa shape index (κ3) is 5.20. The van der Waals surface area contributed by atoms with Crippen LogP contribution >= 0.6 is 0 Å². The van der Waals surface area contributed by atoms with Crippen molar-refractivity contribution in [1.82, 2.24) is 19.4 Å². The van der Waals surface area contributed by atoms with Gasteiger partial charge in [-0.15, -0.1) is 0 Å². The number of hydrogen-bond acceptors (Lipinski definition) is 4. The van der Waals surface area contributed by atoms with Crippen molar-refractivity contribution in [3.05, 3.63) is 74.7 Å². The van der Waals surface area contributed by atoms with E-state index in [4.69, 9.17) is 0 Å². The first-order valence-corrected chi connectivity index (χ1v) is 13.1. The number of piperidine rings is 1. The molecule has 200 valence electrons. The number of anilines is 1. The summed E-state index contributed by atoms with van der Waals surface area (Å²) in [7, 11) is 0. The number of benzene rings is 2. The summed E-state index contributed by atoms with van der Waals surface area (Å²) in [6.07, 6.45) is 3.38. The molecule has 0 radical (unpaired) electrons. The topological polar surface area (TPSA) is 105 Å². The molecule has 1 aromatic heterocycles. The van der Waals surface area contributed by atoms with Gasteiger partial charge in [0.05, 0.1) is 16.5 Å². The van der Waals surface area contributed by atoms with Crippen molar-refractivity contribution in [2.45, 2.75) is 58.2 Å². The largest absolute Gasteiger partial charge is 0.347 e. The average Bonchev–Trinajstić information content (AvgIpc) is 3.71. The highest BCUT2D eigenvalue weighted by Gasteiger charge is 2.27. The lowest BCUT2D eigenvalue weighted by Gasteiger charge is -2.33. The summed E-state index contributed by atoms with van der Waals surface area (Å²) >= 11 is 0. The van der Waals surface area contributed by atoms with E-state index in [9.17, 15) is 23.6 Å². The van der Waals surface area contributed by atoms with Gasteiger partial charge in [0, 0.05) is 37.4 Å². The Hall–Kier alpha value is -3.95. The first kappa shape index (κ1) is 25.7. The monoisotopic (exact) mass is 521 g/mol. The van der Waals surface area contributed by atoms with Gasteiger partial charge in [0.2, 0.25) is 0 Å². The molecule has 5 rings (SSSR count). The van der Waals surface area contributed by atoms with E-state index in [2.05, 4.69) is 10.6 Å². The molecule has 0 unspecified atom stereocenters. The number of rotatable bonds is 6. The molecule has 2 heterocycles. The predicted molar refractivity (Wildman–Crippen MR) is 143 cm³/mol. The molecular formula is C28H32FN5O4. The first-order chi connectivity index (χ1) is 18.2. The van der Waals surface area contributed by atoms with E-state index in [0.29, 0.717) is 48.4 Å². The second-order valence-electron chi connectivity index (χ2n) is 10.5. The lowest BCUT2D eigenvalue weighted by atomic mass is 10.1. The maximum Gasteiger partial charge on any atom is 0.331 e. The van der Waals surface area contributed by atoms with Gasteiger partial charge in [-0.3, -0.25) is 18.7 Å². The summed E-state index contributed by atoms with van der Waals surface area (Å²) in [6, 6.07) is 9.99. The molecule has 2 aliphatic rings. The molecule has 10 heteroatoms. The van der Waals surface area contributed by atoms with Crippen molar-refractivity contribution in [3.8, 4) is 0 Å². The Morgan fingerprint density at radius 2 is 1.84 bits per heavy atom. The van der Waals surface area contributed by atoms with Crippen molar-refractivity contribution in [1.29, 1.82) is 0 Å². The molecular weight excluding hydrogens is 489 g/mol. The lowest BCUT2D eigenvalue weighted by molar-refractivity contribution is 0.0909. The second kappa shape index (κ2) is 10.4. The van der Waals surface area contributed by atoms with Crippen molar-refractivity contribution < 1.29 is 14.0 Å². The fourth-order valence-corrected chi connectivity index (χ4v) is 5.07. The number of likely N-dealkylation sites (tertiary alicyclic amines) is 1. The molecule has 0 spiro atoms. The van der Waals surface area contributed by atoms with Crippen molar-refractivity contribution in [2.75, 3.05) is 18.4 Å². The van der Waals surface area contributed by atoms with Crippen LogP contribution in [0.1, 0.15) is 55.9 Å². The van der Waals surface area contributed by atoms with E-state index in [-0.39, 0.29) is 41.5 Å². The van der Waals surface area contributed by atoms with Crippen molar-refractivity contribution in [3.63, 3.8) is 0 Å². The second-order valence-corrected chi connectivity index (χ2v) is 10.5. The van der Waals surface area contributed by atoms with E-state index >= 15 is 0 Å². The Morgan fingerprint density at radius 1 is 1.08 bits per heavy atom. The van der Waals surface area contributed by atoms with E-state index < -0.39 is 11.7 Å². The highest BCUT2D eigenvalue weighted by molar-refractivity contribution is 5.95. The molecule has 3 amide bonds. The lowest BCUT2D eigenvalue weighted by Crippen LogP contribution is -2.50. The number of amides is 3. The third-order valence-electron chi connectivity index (χ3n) is 7.24. The molecule has 2 N–H and O–H groups in total. The molecule has 2 fully saturated rings. The number of nitrogens with zero attached hydrogens (tertiary/aromatic N) is 3. The zero-order chi connectivity index (χ0) is 27.0. The van der Waals surface area contributed by atoms with E-state index in [1.807, 2.05) is 13.8 Å². The highest BCUT2D eigenvalue weighted by Crippen LogP contribution is 2.30. The van der Waals surface area contributed by atoms with Crippen LogP contribution in [0, 0.1) is 11.7 Å². The molecule has 38 heavy (non-hydrogen) atoms. The Bertz CT molecular complexity index is 1510. The van der Waals surface area contributed by atoms with Crippen LogP contribution in [-0.2, 0) is 6.54 Å². The Kier molecular flexibility index (Phi) is 7.05. The number of carbonyl (C=O) groups excluding carboxylic acids is 2. The quantitative estimate of drug-likeness (QED) is 0.516. The summed E-state index contributed by atoms with van der Waals surface area (Å²) in [5.41, 5.74) is 0.298. The number of nitrogens with one attached hydrogen (secondary N) is 2. The molecule has 1 atom stereocenters. The molecule has 1 saturated carbocycles. The Labute approximate surface area is 219 Å². The van der Waals surface area contributed by atoms with Crippen LogP contribution in [0.25, 0.3) is 10.9 Å². The zero-order valence-electron chi connectivity index (χ0n) is 21.6. The van der Waals surface area contributed by atoms with E-state index in [1.165, 1.54) is 22.8 Å². The summed E-state index contributed by atoms with van der Waals surface area (Å²) in [4.78, 5) is 53.6. The summed E-state index contributed by atoms with van der Waals surface area (Å²) in [5.74, 6) is -0.748. The van der Waals surface area contributed by atoms with Gasteiger partial charge in [-0.1, -0.05) is 12.1 Å². The molecule has 3 aromatic rings. The van der Waals surface area contributed by atoms with Crippen LogP contribution in [0.4, 0.5) is 14.9 Å². The Balaban J connectivity index is 1.33. The van der Waals surface area contributed by atoms with Gasteiger partial charge in [0.1, 0.15) is 5.82 Å². The predicted octanol–water partition coefficient (Wildman–Crippen LogP) is 3.72. The van der Waals surface area contributed by atoms with Crippen molar-refractivity contribution >= 4 is 28.5 Å². The molecule has 2 aromatic carbocycles. The van der Waals surface area contributed by atoms with Gasteiger partial charge in [0.15, 0.2) is 0 Å². The Morgan fingerprint density at radius 3 is 2.55 bits per heavy atom. The number of hydrogen-bond donors (Lipinski definition) is 2. The minimum Gasteiger partial charge on any atom is -0.347 e. The fraction of sp³-hybridized carbons (Fsp3) is 0.429. The third-order valence-corrected chi connectivity index (χ3v) is 7.24.